The van der Waals surface area contributed by atoms with E-state index in [0.29, 0.717) is 6.54 Å². The second-order valence-corrected chi connectivity index (χ2v) is 1.90. The molecule has 1 N–H and O–H groups in total. The van der Waals surface area contributed by atoms with Crippen LogP contribution in [0.4, 0.5) is 0 Å². The Kier molecular flexibility index (Phi) is 5.63. The van der Waals surface area contributed by atoms with Gasteiger partial charge in [-0.1, -0.05) is 12.2 Å². The molecule has 1 unspecified atom stereocenters. The summed E-state index contributed by atoms with van der Waals surface area (Å²) in [6.45, 7) is 2.20. The van der Waals surface area contributed by atoms with Crippen LogP contribution in [0.1, 0.15) is 6.92 Å². The fourth-order valence-corrected chi connectivity index (χ4v) is 0.606. The van der Waals surface area contributed by atoms with E-state index in [-0.39, 0.29) is 12.5 Å². The van der Waals surface area contributed by atoms with Crippen molar-refractivity contribution in [3.8, 4) is 0 Å². The number of aliphatic hydroxyl groups excluding tert-OH is 1. The molecule has 10 heavy (non-hydrogen) atoms. The number of aliphatic imine (C=N–C) groups is 1. The van der Waals surface area contributed by atoms with Gasteiger partial charge in [0.2, 0.25) is 6.08 Å². The summed E-state index contributed by atoms with van der Waals surface area (Å²) in [6, 6.07) is 0. The van der Waals surface area contributed by atoms with Crippen molar-refractivity contribution < 1.29 is 9.90 Å². The van der Waals surface area contributed by atoms with Crippen LogP contribution in [0, 0.1) is 5.92 Å². The molecule has 0 heterocycles. The van der Waals surface area contributed by atoms with Crippen molar-refractivity contribution in [3.63, 3.8) is 0 Å². The number of hydrogen-bond acceptors (Lipinski definition) is 3. The van der Waals surface area contributed by atoms with E-state index >= 15 is 0 Å². The topological polar surface area (TPSA) is 49.7 Å². The average molecular weight is 141 g/mol. The van der Waals surface area contributed by atoms with Crippen molar-refractivity contribution >= 4 is 6.08 Å². The maximum absolute atomic E-state index is 9.63. The monoisotopic (exact) mass is 141 g/mol. The zero-order valence-electron chi connectivity index (χ0n) is 5.95. The highest BCUT2D eigenvalue weighted by Gasteiger charge is 1.98. The van der Waals surface area contributed by atoms with E-state index in [9.17, 15) is 4.79 Å². The Morgan fingerprint density at radius 1 is 1.80 bits per heavy atom. The van der Waals surface area contributed by atoms with Crippen molar-refractivity contribution in [2.24, 2.45) is 10.9 Å². The van der Waals surface area contributed by atoms with Crippen LogP contribution in [0.2, 0.25) is 0 Å². The van der Waals surface area contributed by atoms with Crippen LogP contribution in [0.5, 0.6) is 0 Å². The first-order valence-electron chi connectivity index (χ1n) is 3.12. The van der Waals surface area contributed by atoms with Gasteiger partial charge in [0.25, 0.3) is 0 Å². The molecule has 3 nitrogen and oxygen atoms in total. The number of rotatable bonds is 4. The molecule has 0 radical (unpaired) electrons. The summed E-state index contributed by atoms with van der Waals surface area (Å²) < 4.78 is 0. The van der Waals surface area contributed by atoms with Gasteiger partial charge in [-0.05, 0) is 6.92 Å². The number of aliphatic hydroxyl groups is 1. The molecule has 0 aromatic carbocycles. The number of hydrogen-bond donors (Lipinski definition) is 1. The van der Waals surface area contributed by atoms with E-state index in [2.05, 4.69) is 4.99 Å². The number of allylic oxidation sites excluding steroid dienone is 1. The first kappa shape index (κ1) is 9.08. The molecule has 0 aromatic heterocycles. The van der Waals surface area contributed by atoms with E-state index in [1.54, 1.807) is 6.08 Å². The van der Waals surface area contributed by atoms with E-state index in [1.165, 1.54) is 6.08 Å². The Balaban J connectivity index is 3.70. The minimum Gasteiger partial charge on any atom is -0.396 e. The molecule has 0 aliphatic rings. The maximum Gasteiger partial charge on any atom is 0.234 e. The summed E-state index contributed by atoms with van der Waals surface area (Å²) in [7, 11) is 0. The molecular formula is C7H11NO2. The normalized spacial score (nSPS) is 13.0. The number of isocyanates is 1. The van der Waals surface area contributed by atoms with Crippen LogP contribution < -0.4 is 0 Å². The highest BCUT2D eigenvalue weighted by atomic mass is 16.3. The van der Waals surface area contributed by atoms with Crippen LogP contribution in [0.15, 0.2) is 17.1 Å². The molecule has 3 heteroatoms. The minimum absolute atomic E-state index is 0.0233. The van der Waals surface area contributed by atoms with Gasteiger partial charge in [0.05, 0.1) is 13.2 Å². The van der Waals surface area contributed by atoms with Crippen LogP contribution in [-0.4, -0.2) is 24.3 Å². The van der Waals surface area contributed by atoms with E-state index < -0.39 is 0 Å². The third-order valence-electron chi connectivity index (χ3n) is 1.09. The van der Waals surface area contributed by atoms with Gasteiger partial charge in [-0.2, -0.15) is 0 Å². The first-order chi connectivity index (χ1) is 4.85. The molecular weight excluding hydrogens is 130 g/mol. The van der Waals surface area contributed by atoms with Gasteiger partial charge in [0.1, 0.15) is 0 Å². The van der Waals surface area contributed by atoms with E-state index in [0.717, 1.165) is 0 Å². The minimum atomic E-state index is -0.0357. The predicted molar refractivity (Wildman–Crippen MR) is 38.4 cm³/mol. The average Bonchev–Trinajstić information content (AvgIpc) is 1.98. The smallest absolute Gasteiger partial charge is 0.234 e. The van der Waals surface area contributed by atoms with Gasteiger partial charge < -0.3 is 5.11 Å². The lowest BCUT2D eigenvalue weighted by molar-refractivity contribution is 0.256. The van der Waals surface area contributed by atoms with Crippen LogP contribution >= 0.6 is 0 Å². The third-order valence-corrected chi connectivity index (χ3v) is 1.09. The molecule has 0 fully saturated rings. The Labute approximate surface area is 60.1 Å². The molecule has 0 saturated heterocycles. The van der Waals surface area contributed by atoms with Crippen molar-refractivity contribution in [3.05, 3.63) is 12.2 Å². The Bertz CT molecular complexity index is 148. The summed E-state index contributed by atoms with van der Waals surface area (Å²) in [5, 5.41) is 8.64. The highest BCUT2D eigenvalue weighted by Crippen LogP contribution is 1.96. The molecule has 0 amide bonds. The van der Waals surface area contributed by atoms with Crippen molar-refractivity contribution in [1.29, 1.82) is 0 Å². The van der Waals surface area contributed by atoms with Gasteiger partial charge in [-0.25, -0.2) is 9.79 Å². The zero-order valence-corrected chi connectivity index (χ0v) is 5.95. The number of nitrogens with zero attached hydrogens (tertiary/aromatic N) is 1. The molecule has 0 aliphatic carbocycles. The molecule has 0 rings (SSSR count). The standard InChI is InChI=1S/C7H11NO2/c1-2-3-7(5-9)4-8-6-10/h2-3,7,9H,4-5H2,1H3. The Morgan fingerprint density at radius 3 is 2.90 bits per heavy atom. The summed E-state index contributed by atoms with van der Waals surface area (Å²) in [6.07, 6.45) is 5.05. The fourth-order valence-electron chi connectivity index (χ4n) is 0.606. The maximum atomic E-state index is 9.63. The van der Waals surface area contributed by atoms with E-state index in [4.69, 9.17) is 5.11 Å². The molecule has 1 atom stereocenters. The van der Waals surface area contributed by atoms with Gasteiger partial charge in [0.15, 0.2) is 0 Å². The molecule has 0 aromatic rings. The second kappa shape index (κ2) is 6.20. The Morgan fingerprint density at radius 2 is 2.50 bits per heavy atom. The summed E-state index contributed by atoms with van der Waals surface area (Å²) in [5.41, 5.74) is 0. The lowest BCUT2D eigenvalue weighted by Crippen LogP contribution is -2.05. The van der Waals surface area contributed by atoms with Crippen molar-refractivity contribution in [2.75, 3.05) is 13.2 Å². The third kappa shape index (κ3) is 4.01. The summed E-state index contributed by atoms with van der Waals surface area (Å²) >= 11 is 0. The second-order valence-electron chi connectivity index (χ2n) is 1.90. The number of carbonyl (C=O) groups excluding carboxylic acids is 1. The van der Waals surface area contributed by atoms with Crippen LogP contribution in [-0.2, 0) is 4.79 Å². The van der Waals surface area contributed by atoms with Crippen LogP contribution in [0.3, 0.4) is 0 Å². The van der Waals surface area contributed by atoms with Gasteiger partial charge >= 0.3 is 0 Å². The largest absolute Gasteiger partial charge is 0.396 e. The molecule has 56 valence electrons. The van der Waals surface area contributed by atoms with Crippen molar-refractivity contribution in [1.82, 2.24) is 0 Å². The summed E-state index contributed by atoms with van der Waals surface area (Å²) in [4.78, 5) is 13.0. The molecule has 0 spiro atoms. The SMILES string of the molecule is CC=CC(CO)CN=C=O. The zero-order chi connectivity index (χ0) is 7.82. The molecule has 0 saturated carbocycles. The van der Waals surface area contributed by atoms with Gasteiger partial charge in [-0.3, -0.25) is 0 Å². The van der Waals surface area contributed by atoms with Gasteiger partial charge in [0, 0.05) is 5.92 Å². The Hall–Kier alpha value is -0.920. The van der Waals surface area contributed by atoms with Crippen LogP contribution in [0.25, 0.3) is 0 Å². The lowest BCUT2D eigenvalue weighted by atomic mass is 10.1. The van der Waals surface area contributed by atoms with Gasteiger partial charge in [-0.15, -0.1) is 0 Å². The quantitative estimate of drug-likeness (QED) is 0.352. The molecule has 0 bridgehead atoms. The fraction of sp³-hybridized carbons (Fsp3) is 0.571. The van der Waals surface area contributed by atoms with Crippen molar-refractivity contribution in [2.45, 2.75) is 6.92 Å². The first-order valence-corrected chi connectivity index (χ1v) is 3.12. The van der Waals surface area contributed by atoms with E-state index in [1.807, 2.05) is 13.0 Å². The highest BCUT2D eigenvalue weighted by molar-refractivity contribution is 5.32. The predicted octanol–water partition coefficient (Wildman–Crippen LogP) is 0.507. The summed E-state index contributed by atoms with van der Waals surface area (Å²) in [5.74, 6) is -0.0357. The molecule has 0 aliphatic heterocycles. The lowest BCUT2D eigenvalue weighted by Gasteiger charge is -2.01.